The highest BCUT2D eigenvalue weighted by Crippen LogP contribution is 2.38. The van der Waals surface area contributed by atoms with E-state index >= 15 is 0 Å². The number of rotatable bonds is 3. The fourth-order valence-electron chi connectivity index (χ4n) is 1.83. The molecular formula is C12H10ClF2N3. The van der Waals surface area contributed by atoms with Gasteiger partial charge in [0.15, 0.2) is 5.82 Å². The molecule has 18 heavy (non-hydrogen) atoms. The first-order chi connectivity index (χ1) is 8.65. The van der Waals surface area contributed by atoms with Gasteiger partial charge in [-0.05, 0) is 18.9 Å². The second-order valence-corrected chi connectivity index (χ2v) is 4.67. The second-order valence-electron chi connectivity index (χ2n) is 4.26. The van der Waals surface area contributed by atoms with Gasteiger partial charge in [0, 0.05) is 24.5 Å². The Morgan fingerprint density at radius 1 is 1.33 bits per heavy atom. The number of hydrogen-bond acceptors (Lipinski definition) is 2. The van der Waals surface area contributed by atoms with Gasteiger partial charge in [0.05, 0.1) is 10.7 Å². The van der Waals surface area contributed by atoms with Gasteiger partial charge >= 0.3 is 0 Å². The number of aromatic nitrogens is 2. The predicted molar refractivity (Wildman–Crippen MR) is 65.1 cm³/mol. The molecule has 1 aliphatic rings. The Hall–Kier alpha value is -1.62. The first kappa shape index (κ1) is 11.5. The van der Waals surface area contributed by atoms with Crippen molar-refractivity contribution in [2.45, 2.75) is 18.9 Å². The molecule has 1 aliphatic carbocycles. The lowest BCUT2D eigenvalue weighted by Gasteiger charge is -2.11. The quantitative estimate of drug-likeness (QED) is 0.916. The van der Waals surface area contributed by atoms with Gasteiger partial charge in [-0.1, -0.05) is 11.6 Å². The maximum Gasteiger partial charge on any atom is 0.207 e. The molecule has 0 aliphatic heterocycles. The van der Waals surface area contributed by atoms with Crippen LogP contribution in [0.15, 0.2) is 24.5 Å². The smallest absolute Gasteiger partial charge is 0.207 e. The van der Waals surface area contributed by atoms with Gasteiger partial charge in [-0.2, -0.15) is 0 Å². The van der Waals surface area contributed by atoms with Crippen LogP contribution in [0.25, 0.3) is 0 Å². The number of hydrogen-bond donors (Lipinski definition) is 1. The van der Waals surface area contributed by atoms with E-state index in [0.717, 1.165) is 25.0 Å². The lowest BCUT2D eigenvalue weighted by atomic mass is 10.3. The van der Waals surface area contributed by atoms with E-state index < -0.39 is 11.6 Å². The molecule has 2 aromatic rings. The van der Waals surface area contributed by atoms with E-state index in [1.54, 1.807) is 6.20 Å². The molecule has 0 unspecified atom stereocenters. The summed E-state index contributed by atoms with van der Waals surface area (Å²) in [6.45, 7) is 0. The zero-order valence-electron chi connectivity index (χ0n) is 9.33. The molecule has 0 amide bonds. The summed E-state index contributed by atoms with van der Waals surface area (Å²) in [5.74, 6) is -0.913. The molecule has 1 fully saturated rings. The van der Waals surface area contributed by atoms with Crippen molar-refractivity contribution in [3.8, 4) is 0 Å². The van der Waals surface area contributed by atoms with E-state index in [1.807, 2.05) is 10.8 Å². The summed E-state index contributed by atoms with van der Waals surface area (Å²) in [4.78, 5) is 4.11. The van der Waals surface area contributed by atoms with Crippen LogP contribution in [-0.2, 0) is 0 Å². The standard InChI is InChI=1S/C12H10ClF2N3/c13-9-5-7(14)6-10(15)11(9)17-12-16-3-4-18(12)8-1-2-8/h3-6,8H,1-2H2,(H,16,17). The summed E-state index contributed by atoms with van der Waals surface area (Å²) in [6, 6.07) is 2.27. The second kappa shape index (κ2) is 4.24. The van der Waals surface area contributed by atoms with Crippen LogP contribution < -0.4 is 5.32 Å². The van der Waals surface area contributed by atoms with Gasteiger partial charge in [-0.3, -0.25) is 0 Å². The Bertz CT molecular complexity index is 570. The van der Waals surface area contributed by atoms with Gasteiger partial charge in [0.1, 0.15) is 5.82 Å². The molecule has 0 radical (unpaired) electrons. The zero-order valence-corrected chi connectivity index (χ0v) is 10.1. The van der Waals surface area contributed by atoms with E-state index in [1.165, 1.54) is 0 Å². The third-order valence-electron chi connectivity index (χ3n) is 2.85. The average molecular weight is 270 g/mol. The third kappa shape index (κ3) is 2.06. The Kier molecular flexibility index (Phi) is 2.70. The molecule has 1 heterocycles. The lowest BCUT2D eigenvalue weighted by molar-refractivity contribution is 0.585. The van der Waals surface area contributed by atoms with Crippen LogP contribution in [0.2, 0.25) is 5.02 Å². The average Bonchev–Trinajstić information content (AvgIpc) is 3.04. The molecule has 0 spiro atoms. The normalized spacial score (nSPS) is 14.8. The SMILES string of the molecule is Fc1cc(F)c(Nc2nccn2C2CC2)c(Cl)c1. The maximum atomic E-state index is 13.6. The topological polar surface area (TPSA) is 29.9 Å². The van der Waals surface area contributed by atoms with Crippen molar-refractivity contribution in [2.75, 3.05) is 5.32 Å². The van der Waals surface area contributed by atoms with E-state index in [2.05, 4.69) is 10.3 Å². The summed E-state index contributed by atoms with van der Waals surface area (Å²) in [5, 5.41) is 2.81. The van der Waals surface area contributed by atoms with Crippen LogP contribution in [0.1, 0.15) is 18.9 Å². The summed E-state index contributed by atoms with van der Waals surface area (Å²) in [6.07, 6.45) is 5.64. The molecule has 0 atom stereocenters. The van der Waals surface area contributed by atoms with Gasteiger partial charge in [-0.15, -0.1) is 0 Å². The Balaban J connectivity index is 1.94. The maximum absolute atomic E-state index is 13.6. The van der Waals surface area contributed by atoms with Gasteiger partial charge in [0.25, 0.3) is 0 Å². The van der Waals surface area contributed by atoms with Crippen LogP contribution in [0.5, 0.6) is 0 Å². The van der Waals surface area contributed by atoms with Gasteiger partial charge in [-0.25, -0.2) is 13.8 Å². The van der Waals surface area contributed by atoms with Crippen LogP contribution in [-0.4, -0.2) is 9.55 Å². The number of anilines is 2. The third-order valence-corrected chi connectivity index (χ3v) is 3.15. The fourth-order valence-corrected chi connectivity index (χ4v) is 2.07. The molecular weight excluding hydrogens is 260 g/mol. The van der Waals surface area contributed by atoms with Crippen molar-refractivity contribution in [3.05, 3.63) is 41.2 Å². The monoisotopic (exact) mass is 269 g/mol. The summed E-state index contributed by atoms with van der Waals surface area (Å²) < 4.78 is 28.5. The van der Waals surface area contributed by atoms with E-state index in [9.17, 15) is 8.78 Å². The van der Waals surface area contributed by atoms with Crippen molar-refractivity contribution in [1.29, 1.82) is 0 Å². The van der Waals surface area contributed by atoms with Crippen LogP contribution in [0, 0.1) is 11.6 Å². The van der Waals surface area contributed by atoms with E-state index in [0.29, 0.717) is 12.0 Å². The minimum absolute atomic E-state index is 0.00199. The number of nitrogens with zero attached hydrogens (tertiary/aromatic N) is 2. The Morgan fingerprint density at radius 3 is 2.78 bits per heavy atom. The van der Waals surface area contributed by atoms with Gasteiger partial charge < -0.3 is 9.88 Å². The van der Waals surface area contributed by atoms with E-state index in [-0.39, 0.29) is 10.7 Å². The minimum Gasteiger partial charge on any atom is -0.322 e. The number of halogens is 3. The van der Waals surface area contributed by atoms with Crippen LogP contribution >= 0.6 is 11.6 Å². The molecule has 3 rings (SSSR count). The molecule has 1 saturated carbocycles. The minimum atomic E-state index is -0.731. The summed E-state index contributed by atoms with van der Waals surface area (Å²) >= 11 is 5.82. The summed E-state index contributed by atoms with van der Waals surface area (Å²) in [5.41, 5.74) is 0.0474. The molecule has 1 aromatic heterocycles. The molecule has 0 bridgehead atoms. The molecule has 1 aromatic carbocycles. The highest BCUT2D eigenvalue weighted by molar-refractivity contribution is 6.33. The Labute approximate surface area is 107 Å². The largest absolute Gasteiger partial charge is 0.322 e. The highest BCUT2D eigenvalue weighted by atomic mass is 35.5. The molecule has 94 valence electrons. The molecule has 6 heteroatoms. The number of nitrogens with one attached hydrogen (secondary N) is 1. The van der Waals surface area contributed by atoms with Gasteiger partial charge in [0.2, 0.25) is 5.95 Å². The molecule has 0 saturated heterocycles. The van der Waals surface area contributed by atoms with E-state index in [4.69, 9.17) is 11.6 Å². The predicted octanol–water partition coefficient (Wildman–Crippen LogP) is 3.89. The van der Waals surface area contributed by atoms with Crippen molar-refractivity contribution >= 4 is 23.2 Å². The van der Waals surface area contributed by atoms with Crippen molar-refractivity contribution < 1.29 is 8.78 Å². The molecule has 3 nitrogen and oxygen atoms in total. The highest BCUT2D eigenvalue weighted by Gasteiger charge is 2.26. The van der Waals surface area contributed by atoms with Crippen molar-refractivity contribution in [3.63, 3.8) is 0 Å². The van der Waals surface area contributed by atoms with Crippen LogP contribution in [0.4, 0.5) is 20.4 Å². The first-order valence-corrected chi connectivity index (χ1v) is 5.97. The Morgan fingerprint density at radius 2 is 2.11 bits per heavy atom. The van der Waals surface area contributed by atoms with Crippen LogP contribution in [0.3, 0.4) is 0 Å². The molecule has 1 N–H and O–H groups in total. The number of imidazole rings is 1. The fraction of sp³-hybridized carbons (Fsp3) is 0.250. The number of benzene rings is 1. The first-order valence-electron chi connectivity index (χ1n) is 5.59. The summed E-state index contributed by atoms with van der Waals surface area (Å²) in [7, 11) is 0. The lowest BCUT2D eigenvalue weighted by Crippen LogP contribution is -2.03. The van der Waals surface area contributed by atoms with Crippen molar-refractivity contribution in [2.24, 2.45) is 0 Å². The zero-order chi connectivity index (χ0) is 12.7. The van der Waals surface area contributed by atoms with Crippen molar-refractivity contribution in [1.82, 2.24) is 9.55 Å².